The minimum absolute atomic E-state index is 0.646. The normalized spacial score (nSPS) is 17.9. The van der Waals surface area contributed by atoms with Gasteiger partial charge in [-0.15, -0.1) is 11.6 Å². The van der Waals surface area contributed by atoms with E-state index in [0.717, 1.165) is 18.6 Å². The molecule has 0 heterocycles. The van der Waals surface area contributed by atoms with E-state index in [1.165, 1.54) is 12.8 Å². The molecule has 0 aromatic carbocycles. The third kappa shape index (κ3) is 2.35. The second-order valence-corrected chi connectivity index (χ2v) is 2.97. The van der Waals surface area contributed by atoms with E-state index in [1.807, 2.05) is 0 Å². The zero-order chi connectivity index (χ0) is 6.69. The Hall–Kier alpha value is -0.0400. The van der Waals surface area contributed by atoms with Crippen molar-refractivity contribution < 1.29 is 0 Å². The molecule has 1 fully saturated rings. The largest absolute Gasteiger partial charge is 0.309 e. The number of nitrogens with one attached hydrogen (secondary N) is 1. The molecule has 0 unspecified atom stereocenters. The van der Waals surface area contributed by atoms with Crippen LogP contribution in [-0.4, -0.2) is 11.6 Å². The molecule has 0 radical (unpaired) electrons. The minimum atomic E-state index is 0.646. The summed E-state index contributed by atoms with van der Waals surface area (Å²) in [4.78, 5) is 0. The van der Waals surface area contributed by atoms with Crippen LogP contribution >= 0.6 is 11.6 Å². The molecular weight excluding hydrogens is 134 g/mol. The van der Waals surface area contributed by atoms with Gasteiger partial charge in [-0.2, -0.15) is 0 Å². The zero-order valence-electron chi connectivity index (χ0n) is 5.49. The first-order chi connectivity index (χ1) is 4.34. The van der Waals surface area contributed by atoms with E-state index >= 15 is 0 Å². The second kappa shape index (κ2) is 3.21. The van der Waals surface area contributed by atoms with Crippen molar-refractivity contribution >= 4 is 17.3 Å². The van der Waals surface area contributed by atoms with Crippen LogP contribution in [0.5, 0.6) is 0 Å². The van der Waals surface area contributed by atoms with Crippen molar-refractivity contribution in [2.75, 3.05) is 5.88 Å². The molecule has 2 heteroatoms. The van der Waals surface area contributed by atoms with Gasteiger partial charge in [0.2, 0.25) is 0 Å². The van der Waals surface area contributed by atoms with Gasteiger partial charge in [-0.1, -0.05) is 0 Å². The summed E-state index contributed by atoms with van der Waals surface area (Å²) in [6.07, 6.45) is 4.41. The smallest absolute Gasteiger partial charge is 0.0227 e. The Kier molecular flexibility index (Phi) is 2.52. The van der Waals surface area contributed by atoms with Gasteiger partial charge < -0.3 is 5.41 Å². The van der Waals surface area contributed by atoms with Gasteiger partial charge in [0.15, 0.2) is 0 Å². The third-order valence-corrected chi connectivity index (χ3v) is 1.92. The van der Waals surface area contributed by atoms with Crippen LogP contribution in [0, 0.1) is 11.3 Å². The van der Waals surface area contributed by atoms with E-state index in [1.54, 1.807) is 0 Å². The maximum atomic E-state index is 7.45. The van der Waals surface area contributed by atoms with Crippen LogP contribution in [0.25, 0.3) is 0 Å². The first-order valence-corrected chi connectivity index (χ1v) is 4.01. The third-order valence-electron chi connectivity index (χ3n) is 1.65. The van der Waals surface area contributed by atoms with Crippen molar-refractivity contribution in [2.45, 2.75) is 25.7 Å². The molecule has 9 heavy (non-hydrogen) atoms. The molecule has 1 rings (SSSR count). The van der Waals surface area contributed by atoms with Gasteiger partial charge in [0.25, 0.3) is 0 Å². The fourth-order valence-corrected chi connectivity index (χ4v) is 1.03. The monoisotopic (exact) mass is 145 g/mol. The molecule has 0 spiro atoms. The maximum absolute atomic E-state index is 7.45. The average molecular weight is 146 g/mol. The first kappa shape index (κ1) is 7.07. The highest BCUT2D eigenvalue weighted by Crippen LogP contribution is 2.31. The van der Waals surface area contributed by atoms with Crippen molar-refractivity contribution in [3.63, 3.8) is 0 Å². The van der Waals surface area contributed by atoms with Crippen LogP contribution in [0.3, 0.4) is 0 Å². The van der Waals surface area contributed by atoms with Crippen LogP contribution in [0.4, 0.5) is 0 Å². The molecule has 0 aliphatic heterocycles. The lowest BCUT2D eigenvalue weighted by molar-refractivity contribution is 0.945. The molecule has 0 bridgehead atoms. The Morgan fingerprint density at radius 3 is 2.67 bits per heavy atom. The number of halogens is 1. The fraction of sp³-hybridized carbons (Fsp3) is 0.857. The summed E-state index contributed by atoms with van der Waals surface area (Å²) in [5.74, 6) is 1.35. The highest BCUT2D eigenvalue weighted by Gasteiger charge is 2.25. The van der Waals surface area contributed by atoms with E-state index in [0.29, 0.717) is 11.8 Å². The van der Waals surface area contributed by atoms with Crippen LogP contribution in [0.1, 0.15) is 25.7 Å². The van der Waals surface area contributed by atoms with Gasteiger partial charge in [-0.05, 0) is 31.6 Å². The molecule has 0 saturated heterocycles. The lowest BCUT2D eigenvalue weighted by Crippen LogP contribution is -1.98. The van der Waals surface area contributed by atoms with Gasteiger partial charge >= 0.3 is 0 Å². The van der Waals surface area contributed by atoms with Crippen molar-refractivity contribution in [3.05, 3.63) is 0 Å². The molecule has 52 valence electrons. The molecule has 1 aliphatic carbocycles. The lowest BCUT2D eigenvalue weighted by Gasteiger charge is -1.96. The predicted octanol–water partition coefficient (Wildman–Crippen LogP) is 2.44. The highest BCUT2D eigenvalue weighted by molar-refractivity contribution is 6.17. The molecular formula is C7H12ClN. The molecule has 0 aromatic rings. The summed E-state index contributed by atoms with van der Waals surface area (Å²) in [7, 11) is 0. The summed E-state index contributed by atoms with van der Waals surface area (Å²) in [5, 5.41) is 7.45. The topological polar surface area (TPSA) is 23.9 Å². The molecule has 1 nitrogen and oxygen atoms in total. The molecule has 0 atom stereocenters. The Labute approximate surface area is 60.9 Å². The van der Waals surface area contributed by atoms with Gasteiger partial charge in [0, 0.05) is 11.6 Å². The predicted molar refractivity (Wildman–Crippen MR) is 40.4 cm³/mol. The summed E-state index contributed by atoms with van der Waals surface area (Å²) in [5.41, 5.74) is 0.927. The van der Waals surface area contributed by atoms with Crippen molar-refractivity contribution in [1.29, 1.82) is 5.41 Å². The second-order valence-electron chi connectivity index (χ2n) is 2.59. The zero-order valence-corrected chi connectivity index (χ0v) is 6.25. The number of hydrogen-bond acceptors (Lipinski definition) is 1. The number of alkyl halides is 1. The van der Waals surface area contributed by atoms with Crippen molar-refractivity contribution in [3.8, 4) is 0 Å². The SMILES string of the molecule is N=C(CCCCl)C1CC1. The van der Waals surface area contributed by atoms with E-state index in [9.17, 15) is 0 Å². The fourth-order valence-electron chi connectivity index (χ4n) is 0.893. The summed E-state index contributed by atoms with van der Waals surface area (Å²) >= 11 is 5.47. The van der Waals surface area contributed by atoms with Crippen LogP contribution < -0.4 is 0 Å². The number of rotatable bonds is 4. The van der Waals surface area contributed by atoms with Gasteiger partial charge in [-0.25, -0.2) is 0 Å². The Morgan fingerprint density at radius 1 is 1.56 bits per heavy atom. The van der Waals surface area contributed by atoms with Crippen LogP contribution in [0.2, 0.25) is 0 Å². The lowest BCUT2D eigenvalue weighted by atomic mass is 10.1. The molecule has 1 N–H and O–H groups in total. The number of hydrogen-bond donors (Lipinski definition) is 1. The molecule has 1 aliphatic rings. The Morgan fingerprint density at radius 2 is 2.22 bits per heavy atom. The highest BCUT2D eigenvalue weighted by atomic mass is 35.5. The van der Waals surface area contributed by atoms with Crippen LogP contribution in [-0.2, 0) is 0 Å². The Bertz CT molecular complexity index is 107. The summed E-state index contributed by atoms with van der Waals surface area (Å²) < 4.78 is 0. The van der Waals surface area contributed by atoms with Gasteiger partial charge in [0.1, 0.15) is 0 Å². The van der Waals surface area contributed by atoms with Gasteiger partial charge in [-0.3, -0.25) is 0 Å². The first-order valence-electron chi connectivity index (χ1n) is 3.48. The summed E-state index contributed by atoms with van der Waals surface area (Å²) in [6.45, 7) is 0. The minimum Gasteiger partial charge on any atom is -0.309 e. The van der Waals surface area contributed by atoms with Crippen molar-refractivity contribution in [1.82, 2.24) is 0 Å². The summed E-state index contributed by atoms with van der Waals surface area (Å²) in [6, 6.07) is 0. The van der Waals surface area contributed by atoms with Crippen molar-refractivity contribution in [2.24, 2.45) is 5.92 Å². The Balaban J connectivity index is 2.03. The average Bonchev–Trinajstić information content (AvgIpc) is 2.63. The van der Waals surface area contributed by atoms with E-state index < -0.39 is 0 Å². The van der Waals surface area contributed by atoms with E-state index in [-0.39, 0.29) is 0 Å². The van der Waals surface area contributed by atoms with E-state index in [2.05, 4.69) is 0 Å². The van der Waals surface area contributed by atoms with Gasteiger partial charge in [0.05, 0.1) is 0 Å². The quantitative estimate of drug-likeness (QED) is 0.464. The standard InChI is InChI=1S/C7H12ClN/c8-5-1-2-7(9)6-3-4-6/h6,9H,1-5H2. The molecule has 1 saturated carbocycles. The van der Waals surface area contributed by atoms with Crippen LogP contribution in [0.15, 0.2) is 0 Å². The maximum Gasteiger partial charge on any atom is 0.0227 e. The molecule has 0 aromatic heterocycles. The molecule has 0 amide bonds. The van der Waals surface area contributed by atoms with E-state index in [4.69, 9.17) is 17.0 Å².